The number of nitrogens with zero attached hydrogens (tertiary/aromatic N) is 2. The van der Waals surface area contributed by atoms with Crippen LogP contribution in [0.4, 0.5) is 0 Å². The fourth-order valence-corrected chi connectivity index (χ4v) is 2.42. The van der Waals surface area contributed by atoms with Crippen molar-refractivity contribution in [3.05, 3.63) is 58.8 Å². The van der Waals surface area contributed by atoms with Gasteiger partial charge in [0.25, 0.3) is 5.89 Å². The lowest BCUT2D eigenvalue weighted by Crippen LogP contribution is -2.29. The topological polar surface area (TPSA) is 90.6 Å². The highest BCUT2D eigenvalue weighted by Crippen LogP contribution is 2.24. The van der Waals surface area contributed by atoms with Crippen molar-refractivity contribution in [1.29, 1.82) is 0 Å². The third-order valence-corrected chi connectivity index (χ3v) is 3.88. The van der Waals surface area contributed by atoms with Crippen LogP contribution in [0, 0.1) is 0 Å². The van der Waals surface area contributed by atoms with Crippen molar-refractivity contribution < 1.29 is 18.7 Å². The molecule has 138 valence electrons. The van der Waals surface area contributed by atoms with Gasteiger partial charge in [-0.1, -0.05) is 32.9 Å². The fraction of sp³-hybridized carbons (Fsp3) is 0.368. The molecular formula is C19H22N2O5. The molecule has 0 saturated carbocycles. The van der Waals surface area contributed by atoms with E-state index >= 15 is 0 Å². The largest absolute Gasteiger partial charge is 0.491 e. The van der Waals surface area contributed by atoms with Gasteiger partial charge < -0.3 is 18.7 Å². The zero-order chi connectivity index (χ0) is 18.7. The van der Waals surface area contributed by atoms with Gasteiger partial charge in [0.15, 0.2) is 5.76 Å². The quantitative estimate of drug-likeness (QED) is 0.729. The molecule has 0 bridgehead atoms. The Morgan fingerprint density at radius 1 is 1.23 bits per heavy atom. The van der Waals surface area contributed by atoms with Crippen molar-refractivity contribution in [2.75, 3.05) is 6.61 Å². The molecule has 2 heterocycles. The Kier molecular flexibility index (Phi) is 4.99. The van der Waals surface area contributed by atoms with Gasteiger partial charge >= 0.3 is 5.76 Å². The first kappa shape index (κ1) is 18.0. The van der Waals surface area contributed by atoms with E-state index < -0.39 is 11.9 Å². The number of aromatic nitrogens is 2. The third-order valence-electron chi connectivity index (χ3n) is 3.88. The zero-order valence-electron chi connectivity index (χ0n) is 15.0. The molecule has 0 fully saturated rings. The van der Waals surface area contributed by atoms with Crippen molar-refractivity contribution in [3.8, 4) is 17.4 Å². The van der Waals surface area contributed by atoms with E-state index in [0.717, 1.165) is 4.68 Å². The van der Waals surface area contributed by atoms with Gasteiger partial charge in [-0.25, -0.2) is 4.79 Å². The van der Waals surface area contributed by atoms with E-state index in [1.807, 2.05) is 24.3 Å². The Hall–Kier alpha value is -2.80. The van der Waals surface area contributed by atoms with E-state index in [-0.39, 0.29) is 24.5 Å². The molecule has 26 heavy (non-hydrogen) atoms. The monoisotopic (exact) mass is 358 g/mol. The molecule has 0 spiro atoms. The smallest absolute Gasteiger partial charge is 0.437 e. The Labute approximate surface area is 150 Å². The van der Waals surface area contributed by atoms with Crippen LogP contribution in [0.1, 0.15) is 26.3 Å². The van der Waals surface area contributed by atoms with Gasteiger partial charge in [-0.2, -0.15) is 4.68 Å². The van der Waals surface area contributed by atoms with Crippen LogP contribution in [-0.4, -0.2) is 27.6 Å². The van der Waals surface area contributed by atoms with Gasteiger partial charge in [-0.3, -0.25) is 0 Å². The summed E-state index contributed by atoms with van der Waals surface area (Å²) in [5.74, 6) is 0.419. The molecule has 1 unspecified atom stereocenters. The van der Waals surface area contributed by atoms with Gasteiger partial charge in [-0.15, -0.1) is 5.10 Å². The highest BCUT2D eigenvalue weighted by atomic mass is 16.5. The first-order valence-corrected chi connectivity index (χ1v) is 8.36. The molecule has 3 rings (SSSR count). The summed E-state index contributed by atoms with van der Waals surface area (Å²) in [5, 5.41) is 14.1. The minimum Gasteiger partial charge on any atom is -0.491 e. The lowest BCUT2D eigenvalue weighted by Gasteiger charge is -2.19. The van der Waals surface area contributed by atoms with Gasteiger partial charge in [0, 0.05) is 0 Å². The van der Waals surface area contributed by atoms with E-state index in [2.05, 4.69) is 25.9 Å². The summed E-state index contributed by atoms with van der Waals surface area (Å²) >= 11 is 0. The molecule has 2 aromatic heterocycles. The molecule has 1 N–H and O–H groups in total. The average Bonchev–Trinajstić information content (AvgIpc) is 3.23. The predicted molar refractivity (Wildman–Crippen MR) is 95.1 cm³/mol. The highest BCUT2D eigenvalue weighted by molar-refractivity contribution is 5.42. The number of benzene rings is 1. The second kappa shape index (κ2) is 7.21. The summed E-state index contributed by atoms with van der Waals surface area (Å²) in [6.07, 6.45) is 0.548. The molecular weight excluding hydrogens is 336 g/mol. The number of aliphatic hydroxyl groups excluding tert-OH is 1. The highest BCUT2D eigenvalue weighted by Gasteiger charge is 2.16. The fourth-order valence-electron chi connectivity index (χ4n) is 2.42. The summed E-state index contributed by atoms with van der Waals surface area (Å²) in [4.78, 5) is 11.8. The Morgan fingerprint density at radius 3 is 2.58 bits per heavy atom. The molecule has 1 aromatic carbocycles. The Morgan fingerprint density at radius 2 is 1.96 bits per heavy atom. The van der Waals surface area contributed by atoms with Crippen LogP contribution in [0.2, 0.25) is 0 Å². The third kappa shape index (κ3) is 4.23. The van der Waals surface area contributed by atoms with Crippen molar-refractivity contribution >= 4 is 0 Å². The summed E-state index contributed by atoms with van der Waals surface area (Å²) in [7, 11) is 0. The number of rotatable bonds is 6. The Balaban J connectivity index is 1.58. The van der Waals surface area contributed by atoms with Crippen molar-refractivity contribution in [3.63, 3.8) is 0 Å². The molecule has 7 nitrogen and oxygen atoms in total. The Bertz CT molecular complexity index is 885. The van der Waals surface area contributed by atoms with Crippen LogP contribution in [0.25, 0.3) is 11.7 Å². The molecule has 0 saturated heterocycles. The first-order valence-electron chi connectivity index (χ1n) is 8.36. The number of hydrogen-bond donors (Lipinski definition) is 1. The van der Waals surface area contributed by atoms with Crippen molar-refractivity contribution in [2.45, 2.75) is 38.8 Å². The van der Waals surface area contributed by atoms with Crippen LogP contribution in [-0.2, 0) is 12.0 Å². The number of hydrogen-bond acceptors (Lipinski definition) is 6. The predicted octanol–water partition coefficient (Wildman–Crippen LogP) is 2.83. The molecule has 1 atom stereocenters. The lowest BCUT2D eigenvalue weighted by atomic mass is 9.87. The lowest BCUT2D eigenvalue weighted by molar-refractivity contribution is 0.0875. The van der Waals surface area contributed by atoms with Crippen molar-refractivity contribution in [1.82, 2.24) is 9.78 Å². The maximum atomic E-state index is 11.8. The number of aliphatic hydroxyl groups is 1. The van der Waals surface area contributed by atoms with Crippen molar-refractivity contribution in [2.24, 2.45) is 0 Å². The maximum Gasteiger partial charge on any atom is 0.437 e. The average molecular weight is 358 g/mol. The summed E-state index contributed by atoms with van der Waals surface area (Å²) in [5.41, 5.74) is 1.27. The van der Waals surface area contributed by atoms with E-state index in [1.165, 1.54) is 11.8 Å². The molecule has 0 aliphatic rings. The molecule has 7 heteroatoms. The zero-order valence-corrected chi connectivity index (χ0v) is 15.0. The number of ether oxygens (including phenoxy) is 1. The van der Waals surface area contributed by atoms with Crippen LogP contribution in [0.3, 0.4) is 0 Å². The molecule has 0 radical (unpaired) electrons. The molecule has 3 aromatic rings. The van der Waals surface area contributed by atoms with E-state index in [0.29, 0.717) is 11.5 Å². The summed E-state index contributed by atoms with van der Waals surface area (Å²) in [6, 6.07) is 11.0. The standard InChI is InChI=1S/C19H22N2O5/c1-19(2,3)13-6-8-15(9-7-13)25-12-14(22)11-21-18(23)26-17(20-21)16-5-4-10-24-16/h4-10,14,22H,11-12H2,1-3H3. The van der Waals surface area contributed by atoms with Gasteiger partial charge in [-0.05, 0) is 35.2 Å². The van der Waals surface area contributed by atoms with Crippen LogP contribution in [0.15, 0.2) is 56.3 Å². The van der Waals surface area contributed by atoms with Crippen LogP contribution in [0.5, 0.6) is 5.75 Å². The van der Waals surface area contributed by atoms with E-state index in [1.54, 1.807) is 12.1 Å². The molecule has 0 amide bonds. The van der Waals surface area contributed by atoms with E-state index in [4.69, 9.17) is 13.6 Å². The minimum atomic E-state index is -0.912. The first-order chi connectivity index (χ1) is 12.3. The second-order valence-electron chi connectivity index (χ2n) is 7.07. The minimum absolute atomic E-state index is 0.0320. The normalized spacial score (nSPS) is 12.9. The van der Waals surface area contributed by atoms with Gasteiger partial charge in [0.1, 0.15) is 18.5 Å². The summed E-state index contributed by atoms with van der Waals surface area (Å²) < 4.78 is 16.8. The van der Waals surface area contributed by atoms with Crippen LogP contribution >= 0.6 is 0 Å². The maximum absolute atomic E-state index is 11.8. The van der Waals surface area contributed by atoms with Gasteiger partial charge in [0.2, 0.25) is 0 Å². The van der Waals surface area contributed by atoms with Gasteiger partial charge in [0.05, 0.1) is 12.8 Å². The molecule has 0 aliphatic carbocycles. The van der Waals surface area contributed by atoms with Crippen LogP contribution < -0.4 is 10.5 Å². The van der Waals surface area contributed by atoms with E-state index in [9.17, 15) is 9.90 Å². The second-order valence-corrected chi connectivity index (χ2v) is 7.07. The SMILES string of the molecule is CC(C)(C)c1ccc(OCC(O)Cn2nc(-c3ccco3)oc2=O)cc1. The summed E-state index contributed by atoms with van der Waals surface area (Å²) in [6.45, 7) is 6.41. The molecule has 0 aliphatic heterocycles. The number of furan rings is 1.